The molecule has 1 amide bonds. The summed E-state index contributed by atoms with van der Waals surface area (Å²) in [7, 11) is 1.50. The highest BCUT2D eigenvalue weighted by molar-refractivity contribution is 14.1. The molecule has 164 valence electrons. The van der Waals surface area contributed by atoms with Crippen LogP contribution in [0.3, 0.4) is 0 Å². The maximum atomic E-state index is 13.0. The van der Waals surface area contributed by atoms with Gasteiger partial charge in [0.2, 0.25) is 0 Å². The molecular weight excluding hydrogens is 532 g/mol. The Morgan fingerprint density at radius 2 is 1.97 bits per heavy atom. The molecule has 0 unspecified atom stereocenters. The second-order valence-electron chi connectivity index (χ2n) is 6.46. The van der Waals surface area contributed by atoms with Crippen LogP contribution < -0.4 is 14.9 Å². The Bertz CT molecular complexity index is 1170. The van der Waals surface area contributed by atoms with Gasteiger partial charge in [-0.3, -0.25) is 14.9 Å². The summed E-state index contributed by atoms with van der Waals surface area (Å²) in [6.07, 6.45) is 1.42. The molecule has 0 saturated carbocycles. The van der Waals surface area contributed by atoms with Crippen molar-refractivity contribution in [3.05, 3.63) is 96.9 Å². The molecule has 3 aromatic rings. The number of carbonyl (C=O) groups excluding carboxylic acids is 1. The highest BCUT2D eigenvalue weighted by Gasteiger charge is 2.13. The number of nitro benzene ring substituents is 1. The van der Waals surface area contributed by atoms with E-state index in [1.807, 2.05) is 0 Å². The van der Waals surface area contributed by atoms with Gasteiger partial charge in [0.25, 0.3) is 11.6 Å². The van der Waals surface area contributed by atoms with Crippen molar-refractivity contribution in [2.45, 2.75) is 6.61 Å². The van der Waals surface area contributed by atoms with Gasteiger partial charge in [-0.25, -0.2) is 9.82 Å². The van der Waals surface area contributed by atoms with E-state index in [1.54, 1.807) is 24.3 Å². The zero-order valence-corrected chi connectivity index (χ0v) is 18.9. The molecule has 1 N–H and O–H groups in total. The Morgan fingerprint density at radius 1 is 1.22 bits per heavy atom. The van der Waals surface area contributed by atoms with Gasteiger partial charge in [-0.15, -0.1) is 0 Å². The summed E-state index contributed by atoms with van der Waals surface area (Å²) < 4.78 is 25.0. The standard InChI is InChI=1S/C22H17FIN3O5/c1-31-20-10-15(9-19(24)21(20)32-13-14-5-7-17(23)8-6-14)12-25-26-22(28)16-3-2-4-18(11-16)27(29)30/h2-12H,13H2,1H3,(H,26,28)/b25-12-. The van der Waals surface area contributed by atoms with Crippen LogP contribution in [0.4, 0.5) is 10.1 Å². The van der Waals surface area contributed by atoms with Gasteiger partial charge in [0.05, 0.1) is 21.8 Å². The molecule has 0 aliphatic carbocycles. The van der Waals surface area contributed by atoms with E-state index in [-0.39, 0.29) is 23.7 Å². The first-order valence-electron chi connectivity index (χ1n) is 9.20. The molecule has 0 saturated heterocycles. The van der Waals surface area contributed by atoms with E-state index in [2.05, 4.69) is 33.1 Å². The number of nitrogens with zero attached hydrogens (tertiary/aromatic N) is 2. The molecule has 0 atom stereocenters. The molecule has 0 heterocycles. The van der Waals surface area contributed by atoms with Crippen molar-refractivity contribution in [2.24, 2.45) is 5.10 Å². The van der Waals surface area contributed by atoms with Crippen LogP contribution in [0, 0.1) is 19.5 Å². The molecule has 0 radical (unpaired) electrons. The Morgan fingerprint density at radius 3 is 2.66 bits per heavy atom. The lowest BCUT2D eigenvalue weighted by molar-refractivity contribution is -0.384. The topological polar surface area (TPSA) is 103 Å². The zero-order valence-electron chi connectivity index (χ0n) is 16.7. The molecule has 10 heteroatoms. The van der Waals surface area contributed by atoms with Crippen molar-refractivity contribution in [3.63, 3.8) is 0 Å². The molecular formula is C22H17FIN3O5. The fraction of sp³-hybridized carbons (Fsp3) is 0.0909. The number of hydrazone groups is 1. The molecule has 0 aliphatic rings. The number of nitro groups is 1. The van der Waals surface area contributed by atoms with Crippen LogP contribution in [0.1, 0.15) is 21.5 Å². The predicted octanol–water partition coefficient (Wildman–Crippen LogP) is 4.69. The summed E-state index contributed by atoms with van der Waals surface area (Å²) >= 11 is 2.09. The van der Waals surface area contributed by atoms with Crippen LogP contribution in [-0.2, 0) is 6.61 Å². The third-order valence-electron chi connectivity index (χ3n) is 4.25. The minimum absolute atomic E-state index is 0.119. The van der Waals surface area contributed by atoms with Crippen LogP contribution in [0.25, 0.3) is 0 Å². The van der Waals surface area contributed by atoms with E-state index >= 15 is 0 Å². The van der Waals surface area contributed by atoms with E-state index in [0.29, 0.717) is 17.1 Å². The molecule has 0 bridgehead atoms. The van der Waals surface area contributed by atoms with E-state index in [0.717, 1.165) is 9.13 Å². The first-order chi connectivity index (χ1) is 15.4. The molecule has 0 aromatic heterocycles. The van der Waals surface area contributed by atoms with Crippen molar-refractivity contribution >= 4 is 40.4 Å². The zero-order chi connectivity index (χ0) is 23.1. The minimum Gasteiger partial charge on any atom is -0.493 e. The van der Waals surface area contributed by atoms with Crippen LogP contribution in [0.2, 0.25) is 0 Å². The molecule has 32 heavy (non-hydrogen) atoms. The van der Waals surface area contributed by atoms with Gasteiger partial charge in [0.1, 0.15) is 12.4 Å². The summed E-state index contributed by atoms with van der Waals surface area (Å²) in [5.41, 5.74) is 3.72. The Balaban J connectivity index is 1.69. The van der Waals surface area contributed by atoms with Crippen molar-refractivity contribution in [2.75, 3.05) is 7.11 Å². The fourth-order valence-corrected chi connectivity index (χ4v) is 3.46. The summed E-state index contributed by atoms with van der Waals surface area (Å²) in [6.45, 7) is 0.235. The third-order valence-corrected chi connectivity index (χ3v) is 5.05. The molecule has 3 aromatic carbocycles. The van der Waals surface area contributed by atoms with E-state index in [9.17, 15) is 19.3 Å². The van der Waals surface area contributed by atoms with E-state index in [4.69, 9.17) is 9.47 Å². The van der Waals surface area contributed by atoms with Gasteiger partial charge in [0, 0.05) is 17.7 Å². The molecule has 8 nitrogen and oxygen atoms in total. The number of hydrogen-bond acceptors (Lipinski definition) is 6. The van der Waals surface area contributed by atoms with Gasteiger partial charge in [0.15, 0.2) is 11.5 Å². The number of halogens is 2. The first-order valence-corrected chi connectivity index (χ1v) is 10.3. The maximum Gasteiger partial charge on any atom is 0.271 e. The average molecular weight is 549 g/mol. The first kappa shape index (κ1) is 23.1. The number of nitrogens with one attached hydrogen (secondary N) is 1. The fourth-order valence-electron chi connectivity index (χ4n) is 2.68. The van der Waals surface area contributed by atoms with Gasteiger partial charge in [-0.2, -0.15) is 5.10 Å². The second-order valence-corrected chi connectivity index (χ2v) is 7.62. The largest absolute Gasteiger partial charge is 0.493 e. The number of carbonyl (C=O) groups is 1. The minimum atomic E-state index is -0.578. The SMILES string of the molecule is COc1cc(/C=N\NC(=O)c2cccc([N+](=O)[O-])c2)cc(I)c1OCc1ccc(F)cc1. The van der Waals surface area contributed by atoms with Crippen molar-refractivity contribution < 1.29 is 23.6 Å². The van der Waals surface area contributed by atoms with E-state index in [1.165, 1.54) is 49.7 Å². The highest BCUT2D eigenvalue weighted by atomic mass is 127. The van der Waals surface area contributed by atoms with Gasteiger partial charge < -0.3 is 9.47 Å². The monoisotopic (exact) mass is 549 g/mol. The number of methoxy groups -OCH3 is 1. The lowest BCUT2D eigenvalue weighted by Crippen LogP contribution is -2.17. The smallest absolute Gasteiger partial charge is 0.271 e. The molecule has 0 fully saturated rings. The summed E-state index contributed by atoms with van der Waals surface area (Å²) in [6, 6.07) is 14.8. The number of ether oxygens (including phenoxy) is 2. The highest BCUT2D eigenvalue weighted by Crippen LogP contribution is 2.34. The number of rotatable bonds is 8. The third kappa shape index (κ3) is 6.00. The Hall–Kier alpha value is -3.54. The second kappa shape index (κ2) is 10.7. The molecule has 0 spiro atoms. The summed E-state index contributed by atoms with van der Waals surface area (Å²) in [5.74, 6) is 0.0914. The molecule has 3 rings (SSSR count). The summed E-state index contributed by atoms with van der Waals surface area (Å²) in [4.78, 5) is 22.4. The summed E-state index contributed by atoms with van der Waals surface area (Å²) in [5, 5.41) is 14.8. The Kier molecular flexibility index (Phi) is 7.71. The number of amides is 1. The Labute approximate surface area is 196 Å². The molecule has 0 aliphatic heterocycles. The van der Waals surface area contributed by atoms with Crippen molar-refractivity contribution in [1.82, 2.24) is 5.43 Å². The maximum absolute atomic E-state index is 13.0. The number of hydrogen-bond donors (Lipinski definition) is 1. The van der Waals surface area contributed by atoms with Crippen LogP contribution >= 0.6 is 22.6 Å². The van der Waals surface area contributed by atoms with E-state index < -0.39 is 10.8 Å². The lowest BCUT2D eigenvalue weighted by Gasteiger charge is -2.13. The van der Waals surface area contributed by atoms with Crippen LogP contribution in [0.15, 0.2) is 65.8 Å². The number of benzene rings is 3. The normalized spacial score (nSPS) is 10.7. The van der Waals surface area contributed by atoms with Gasteiger partial charge >= 0.3 is 0 Å². The number of non-ortho nitro benzene ring substituents is 1. The van der Waals surface area contributed by atoms with Gasteiger partial charge in [-0.1, -0.05) is 18.2 Å². The average Bonchev–Trinajstić information content (AvgIpc) is 2.79. The van der Waals surface area contributed by atoms with Gasteiger partial charge in [-0.05, 0) is 64.0 Å². The van der Waals surface area contributed by atoms with Crippen LogP contribution in [-0.4, -0.2) is 24.2 Å². The predicted molar refractivity (Wildman–Crippen MR) is 125 cm³/mol. The van der Waals surface area contributed by atoms with Crippen molar-refractivity contribution in [3.8, 4) is 11.5 Å². The van der Waals surface area contributed by atoms with Crippen LogP contribution in [0.5, 0.6) is 11.5 Å². The quantitative estimate of drug-likeness (QED) is 0.190. The lowest BCUT2D eigenvalue weighted by atomic mass is 10.2. The van der Waals surface area contributed by atoms with Crippen molar-refractivity contribution in [1.29, 1.82) is 0 Å².